The molecule has 2 nitrogen and oxygen atoms in total. The van der Waals surface area contributed by atoms with Gasteiger partial charge in [0, 0.05) is 21.6 Å². The first kappa shape index (κ1) is 15.5. The van der Waals surface area contributed by atoms with Crippen LogP contribution in [0.2, 0.25) is 0 Å². The average molecular weight is 355 g/mol. The van der Waals surface area contributed by atoms with Gasteiger partial charge in [0.2, 0.25) is 0 Å². The first-order valence-corrected chi connectivity index (χ1v) is 7.89. The summed E-state index contributed by atoms with van der Waals surface area (Å²) in [5.74, 6) is -0.171. The van der Waals surface area contributed by atoms with Gasteiger partial charge in [0.05, 0.1) is 0 Å². The van der Waals surface area contributed by atoms with Crippen molar-refractivity contribution in [1.29, 1.82) is 0 Å². The lowest BCUT2D eigenvalue weighted by Gasteiger charge is -2.16. The number of rotatable bonds is 4. The zero-order chi connectivity index (χ0) is 14.7. The molecule has 0 fully saturated rings. The minimum absolute atomic E-state index is 0.0862. The summed E-state index contributed by atoms with van der Waals surface area (Å²) in [5, 5.41) is 4.05. The highest BCUT2D eigenvalue weighted by molar-refractivity contribution is 9.10. The van der Waals surface area contributed by atoms with Crippen LogP contribution in [0.5, 0.6) is 0 Å². The van der Waals surface area contributed by atoms with Gasteiger partial charge in [-0.15, -0.1) is 0 Å². The van der Waals surface area contributed by atoms with Gasteiger partial charge >= 0.3 is 0 Å². The van der Waals surface area contributed by atoms with Crippen LogP contribution in [-0.4, -0.2) is 12.0 Å². The Hall–Kier alpha value is -0.910. The highest BCUT2D eigenvalue weighted by Crippen LogP contribution is 2.34. The maximum absolute atomic E-state index is 13.8. The van der Waals surface area contributed by atoms with Gasteiger partial charge in [0.1, 0.15) is 10.8 Å². The summed E-state index contributed by atoms with van der Waals surface area (Å²) in [6.45, 7) is 3.80. The number of aryl methyl sites for hydroxylation is 1. The number of nitrogens with zero attached hydrogens (tertiary/aromatic N) is 1. The molecule has 0 aliphatic heterocycles. The molecule has 1 aromatic carbocycles. The lowest BCUT2D eigenvalue weighted by atomic mass is 10.1. The fraction of sp³-hybridized carbons (Fsp3) is 0.267. The molecule has 0 saturated carbocycles. The van der Waals surface area contributed by atoms with Crippen molar-refractivity contribution in [1.82, 2.24) is 10.3 Å². The number of pyridine rings is 1. The zero-order valence-corrected chi connectivity index (χ0v) is 14.0. The minimum atomic E-state index is -0.171. The third kappa shape index (κ3) is 3.59. The van der Waals surface area contributed by atoms with E-state index in [1.807, 2.05) is 32.2 Å². The molecule has 0 aliphatic rings. The number of hydrogen-bond donors (Lipinski definition) is 1. The van der Waals surface area contributed by atoms with Gasteiger partial charge in [0.15, 0.2) is 0 Å². The fourth-order valence-corrected chi connectivity index (χ4v) is 3.08. The van der Waals surface area contributed by atoms with Crippen LogP contribution >= 0.6 is 27.7 Å². The molecule has 2 rings (SSSR count). The molecule has 1 unspecified atom stereocenters. The van der Waals surface area contributed by atoms with Gasteiger partial charge in [0.25, 0.3) is 0 Å². The van der Waals surface area contributed by atoms with Gasteiger partial charge in [-0.3, -0.25) is 0 Å². The molecule has 0 saturated heterocycles. The van der Waals surface area contributed by atoms with Gasteiger partial charge in [-0.05, 0) is 72.2 Å². The van der Waals surface area contributed by atoms with Gasteiger partial charge < -0.3 is 5.32 Å². The van der Waals surface area contributed by atoms with Gasteiger partial charge in [-0.25, -0.2) is 9.37 Å². The van der Waals surface area contributed by atoms with Crippen molar-refractivity contribution >= 4 is 27.7 Å². The van der Waals surface area contributed by atoms with E-state index in [4.69, 9.17) is 0 Å². The average Bonchev–Trinajstić information content (AvgIpc) is 2.44. The highest BCUT2D eigenvalue weighted by Gasteiger charge is 2.14. The Labute approximate surface area is 131 Å². The van der Waals surface area contributed by atoms with E-state index < -0.39 is 0 Å². The second kappa shape index (κ2) is 6.70. The highest BCUT2D eigenvalue weighted by atomic mass is 79.9. The van der Waals surface area contributed by atoms with Crippen molar-refractivity contribution in [3.63, 3.8) is 0 Å². The molecule has 2 aromatic rings. The summed E-state index contributed by atoms with van der Waals surface area (Å²) >= 11 is 4.92. The SMILES string of the molecule is CNC(C)c1cc(F)c(C)cc1Sc1ccc(Br)cn1. The van der Waals surface area contributed by atoms with Crippen molar-refractivity contribution in [2.45, 2.75) is 29.8 Å². The van der Waals surface area contributed by atoms with Crippen LogP contribution in [0, 0.1) is 12.7 Å². The van der Waals surface area contributed by atoms with Gasteiger partial charge in [-0.2, -0.15) is 0 Å². The standard InChI is InChI=1S/C15H16BrFN2S/c1-9-6-14(12(7-13(9)17)10(2)18-3)20-15-5-4-11(16)8-19-15/h4-8,10,18H,1-3H3. The molecule has 20 heavy (non-hydrogen) atoms. The van der Waals surface area contributed by atoms with E-state index in [0.29, 0.717) is 5.56 Å². The molecule has 106 valence electrons. The summed E-state index contributed by atoms with van der Waals surface area (Å²) in [6.07, 6.45) is 1.76. The number of halogens is 2. The van der Waals surface area contributed by atoms with Crippen molar-refractivity contribution in [3.8, 4) is 0 Å². The summed E-state index contributed by atoms with van der Waals surface area (Å²) in [5.41, 5.74) is 1.60. The predicted molar refractivity (Wildman–Crippen MR) is 84.7 cm³/mol. The quantitative estimate of drug-likeness (QED) is 0.859. The van der Waals surface area contributed by atoms with Crippen molar-refractivity contribution in [3.05, 3.63) is 51.9 Å². The van der Waals surface area contributed by atoms with E-state index >= 15 is 0 Å². The Kier molecular flexibility index (Phi) is 5.18. The maximum Gasteiger partial charge on any atom is 0.126 e. The first-order valence-electron chi connectivity index (χ1n) is 6.28. The Morgan fingerprint density at radius 3 is 2.70 bits per heavy atom. The Morgan fingerprint density at radius 1 is 1.35 bits per heavy atom. The van der Waals surface area contributed by atoms with Crippen molar-refractivity contribution in [2.75, 3.05) is 7.05 Å². The topological polar surface area (TPSA) is 24.9 Å². The molecule has 1 heterocycles. The molecule has 0 spiro atoms. The Balaban J connectivity index is 2.38. The molecular weight excluding hydrogens is 339 g/mol. The summed E-state index contributed by atoms with van der Waals surface area (Å²) in [7, 11) is 1.87. The smallest absolute Gasteiger partial charge is 0.126 e. The Morgan fingerprint density at radius 2 is 2.10 bits per heavy atom. The van der Waals surface area contributed by atoms with Crippen LogP contribution in [0.25, 0.3) is 0 Å². The number of hydrogen-bond acceptors (Lipinski definition) is 3. The summed E-state index contributed by atoms with van der Waals surface area (Å²) in [6, 6.07) is 7.47. The lowest BCUT2D eigenvalue weighted by molar-refractivity contribution is 0.594. The van der Waals surface area contributed by atoms with E-state index in [-0.39, 0.29) is 11.9 Å². The van der Waals surface area contributed by atoms with E-state index in [0.717, 1.165) is 20.0 Å². The van der Waals surface area contributed by atoms with E-state index in [1.165, 1.54) is 0 Å². The van der Waals surface area contributed by atoms with Crippen LogP contribution < -0.4 is 5.32 Å². The van der Waals surface area contributed by atoms with E-state index in [1.54, 1.807) is 30.9 Å². The molecule has 1 atom stereocenters. The number of benzene rings is 1. The fourth-order valence-electron chi connectivity index (χ4n) is 1.79. The number of aromatic nitrogens is 1. The lowest BCUT2D eigenvalue weighted by Crippen LogP contribution is -2.13. The minimum Gasteiger partial charge on any atom is -0.313 e. The summed E-state index contributed by atoms with van der Waals surface area (Å²) in [4.78, 5) is 5.38. The second-order valence-electron chi connectivity index (χ2n) is 4.57. The third-order valence-electron chi connectivity index (χ3n) is 3.11. The van der Waals surface area contributed by atoms with Crippen LogP contribution in [0.3, 0.4) is 0 Å². The molecule has 0 bridgehead atoms. The molecule has 1 N–H and O–H groups in total. The molecular formula is C15H16BrFN2S. The van der Waals surface area contributed by atoms with Gasteiger partial charge in [-0.1, -0.05) is 11.8 Å². The Bertz CT molecular complexity index is 602. The first-order chi connectivity index (χ1) is 9.51. The second-order valence-corrected chi connectivity index (χ2v) is 6.54. The van der Waals surface area contributed by atoms with Crippen LogP contribution in [0.1, 0.15) is 24.1 Å². The zero-order valence-electron chi connectivity index (χ0n) is 11.6. The van der Waals surface area contributed by atoms with Crippen LogP contribution in [-0.2, 0) is 0 Å². The molecule has 1 aromatic heterocycles. The van der Waals surface area contributed by atoms with Crippen LogP contribution in [0.15, 0.2) is 44.9 Å². The van der Waals surface area contributed by atoms with Crippen LogP contribution in [0.4, 0.5) is 4.39 Å². The molecule has 0 aliphatic carbocycles. The maximum atomic E-state index is 13.8. The van der Waals surface area contributed by atoms with Crippen molar-refractivity contribution in [2.24, 2.45) is 0 Å². The third-order valence-corrected chi connectivity index (χ3v) is 4.60. The monoisotopic (exact) mass is 354 g/mol. The molecule has 0 radical (unpaired) electrons. The molecule has 5 heteroatoms. The van der Waals surface area contributed by atoms with E-state index in [2.05, 4.69) is 26.2 Å². The van der Waals surface area contributed by atoms with E-state index in [9.17, 15) is 4.39 Å². The predicted octanol–water partition coefficient (Wildman–Crippen LogP) is 4.72. The largest absolute Gasteiger partial charge is 0.313 e. The number of nitrogens with one attached hydrogen (secondary N) is 1. The molecule has 0 amide bonds. The van der Waals surface area contributed by atoms with Crippen molar-refractivity contribution < 1.29 is 4.39 Å². The summed E-state index contributed by atoms with van der Waals surface area (Å²) < 4.78 is 14.7. The normalized spacial score (nSPS) is 12.4.